The molecule has 3 aromatic rings. The first-order chi connectivity index (χ1) is 13.9. The molecule has 6 heteroatoms. The van der Waals surface area contributed by atoms with Gasteiger partial charge in [-0.2, -0.15) is 5.10 Å². The molecule has 0 saturated heterocycles. The third kappa shape index (κ3) is 5.07. The third-order valence-electron chi connectivity index (χ3n) is 4.95. The summed E-state index contributed by atoms with van der Waals surface area (Å²) >= 11 is 3.44. The summed E-state index contributed by atoms with van der Waals surface area (Å²) in [6, 6.07) is 15.3. The van der Waals surface area contributed by atoms with E-state index in [-0.39, 0.29) is 5.91 Å². The Morgan fingerprint density at radius 3 is 2.62 bits per heavy atom. The number of carbonyl (C=O) groups is 1. The lowest BCUT2D eigenvalue weighted by molar-refractivity contribution is 0.0784. The normalized spacial score (nSPS) is 10.8. The number of hydrogen-bond donors (Lipinski definition) is 0. The van der Waals surface area contributed by atoms with Crippen LogP contribution in [-0.2, 0) is 19.7 Å². The van der Waals surface area contributed by atoms with Gasteiger partial charge in [0.05, 0.1) is 5.69 Å². The highest BCUT2D eigenvalue weighted by atomic mass is 79.9. The minimum Gasteiger partial charge on any atom is -0.489 e. The maximum Gasteiger partial charge on any atom is 0.253 e. The second kappa shape index (κ2) is 9.27. The van der Waals surface area contributed by atoms with E-state index in [1.807, 2.05) is 67.2 Å². The Morgan fingerprint density at radius 2 is 1.93 bits per heavy atom. The number of halogens is 1. The Bertz CT molecular complexity index is 1010. The van der Waals surface area contributed by atoms with E-state index in [4.69, 9.17) is 4.74 Å². The van der Waals surface area contributed by atoms with Crippen molar-refractivity contribution in [1.29, 1.82) is 0 Å². The van der Waals surface area contributed by atoms with Gasteiger partial charge in [0.2, 0.25) is 0 Å². The van der Waals surface area contributed by atoms with Crippen molar-refractivity contribution in [2.75, 3.05) is 7.05 Å². The summed E-state index contributed by atoms with van der Waals surface area (Å²) in [4.78, 5) is 14.7. The highest BCUT2D eigenvalue weighted by Gasteiger charge is 2.17. The first kappa shape index (κ1) is 21.1. The highest BCUT2D eigenvalue weighted by Crippen LogP contribution is 2.20. The largest absolute Gasteiger partial charge is 0.489 e. The number of aromatic nitrogens is 2. The molecule has 3 rings (SSSR count). The molecule has 0 spiro atoms. The van der Waals surface area contributed by atoms with Gasteiger partial charge in [0.25, 0.3) is 5.91 Å². The van der Waals surface area contributed by atoms with Crippen LogP contribution in [0.25, 0.3) is 0 Å². The van der Waals surface area contributed by atoms with Crippen LogP contribution in [-0.4, -0.2) is 27.6 Å². The molecule has 1 aromatic heterocycles. The van der Waals surface area contributed by atoms with Crippen LogP contribution in [0.2, 0.25) is 0 Å². The Hall–Kier alpha value is -2.60. The van der Waals surface area contributed by atoms with Crippen LogP contribution in [0.15, 0.2) is 53.0 Å². The Labute approximate surface area is 180 Å². The molecule has 0 unspecified atom stereocenters. The van der Waals surface area contributed by atoms with Gasteiger partial charge >= 0.3 is 0 Å². The molecule has 0 radical (unpaired) electrons. The van der Waals surface area contributed by atoms with E-state index in [1.54, 1.807) is 4.90 Å². The zero-order chi connectivity index (χ0) is 21.0. The lowest BCUT2D eigenvalue weighted by Gasteiger charge is -2.18. The van der Waals surface area contributed by atoms with Gasteiger partial charge in [-0.15, -0.1) is 0 Å². The van der Waals surface area contributed by atoms with Crippen molar-refractivity contribution in [3.63, 3.8) is 0 Å². The summed E-state index contributed by atoms with van der Waals surface area (Å²) in [5.74, 6) is 0.768. The van der Waals surface area contributed by atoms with Gasteiger partial charge in [0, 0.05) is 41.4 Å². The van der Waals surface area contributed by atoms with E-state index in [0.717, 1.165) is 39.3 Å². The topological polar surface area (TPSA) is 47.4 Å². The minimum atomic E-state index is -0.0163. The fourth-order valence-corrected chi connectivity index (χ4v) is 3.70. The molecule has 0 aliphatic heterocycles. The molecule has 1 amide bonds. The van der Waals surface area contributed by atoms with E-state index >= 15 is 0 Å². The van der Waals surface area contributed by atoms with Crippen LogP contribution < -0.4 is 4.74 Å². The fraction of sp³-hybridized carbons (Fsp3) is 0.304. The number of amides is 1. The molecule has 29 heavy (non-hydrogen) atoms. The van der Waals surface area contributed by atoms with Crippen molar-refractivity contribution in [2.45, 2.75) is 40.5 Å². The molecule has 0 saturated carbocycles. The van der Waals surface area contributed by atoms with Crippen LogP contribution >= 0.6 is 15.9 Å². The Kier molecular flexibility index (Phi) is 6.75. The highest BCUT2D eigenvalue weighted by molar-refractivity contribution is 9.10. The molecule has 5 nitrogen and oxygen atoms in total. The van der Waals surface area contributed by atoms with Gasteiger partial charge in [0.1, 0.15) is 12.4 Å². The summed E-state index contributed by atoms with van der Waals surface area (Å²) in [6.07, 6.45) is 0. The van der Waals surface area contributed by atoms with Crippen molar-refractivity contribution in [3.05, 3.63) is 81.1 Å². The van der Waals surface area contributed by atoms with E-state index in [1.165, 1.54) is 0 Å². The molecule has 0 aliphatic carbocycles. The maximum atomic E-state index is 13.0. The van der Waals surface area contributed by atoms with E-state index in [9.17, 15) is 4.79 Å². The predicted octanol–water partition coefficient (Wildman–Crippen LogP) is 5.13. The Morgan fingerprint density at radius 1 is 1.17 bits per heavy atom. The number of nitrogens with zero attached hydrogens (tertiary/aromatic N) is 3. The minimum absolute atomic E-state index is 0.0163. The quantitative estimate of drug-likeness (QED) is 0.495. The third-order valence-corrected chi connectivity index (χ3v) is 5.44. The van der Waals surface area contributed by atoms with E-state index in [0.29, 0.717) is 18.7 Å². The average Bonchev–Trinajstić information content (AvgIpc) is 2.99. The SMILES string of the molecule is CCn1nc(C)c(CN(C)C(=O)c2cccc(COc3cccc(Br)c3)c2)c1C. The summed E-state index contributed by atoms with van der Waals surface area (Å²) in [5.41, 5.74) is 4.80. The molecule has 2 aromatic carbocycles. The Balaban J connectivity index is 1.69. The molecule has 0 bridgehead atoms. The molecular weight excluding hydrogens is 430 g/mol. The zero-order valence-electron chi connectivity index (χ0n) is 17.3. The molecule has 1 heterocycles. The molecule has 152 valence electrons. The average molecular weight is 456 g/mol. The monoisotopic (exact) mass is 455 g/mol. The summed E-state index contributed by atoms with van der Waals surface area (Å²) in [7, 11) is 1.83. The van der Waals surface area contributed by atoms with Crippen LogP contribution in [0.5, 0.6) is 5.75 Å². The summed E-state index contributed by atoms with van der Waals surface area (Å²) in [5, 5.41) is 4.55. The standard InChI is InChI=1S/C23H26BrN3O2/c1-5-27-17(3)22(16(2)25-27)14-26(4)23(28)19-9-6-8-18(12-19)15-29-21-11-7-10-20(24)13-21/h6-13H,5,14-15H2,1-4H3. The van der Waals surface area contributed by atoms with Crippen LogP contribution in [0.1, 0.15) is 39.8 Å². The number of benzene rings is 2. The number of rotatable bonds is 7. The lowest BCUT2D eigenvalue weighted by atomic mass is 10.1. The lowest BCUT2D eigenvalue weighted by Crippen LogP contribution is -2.26. The van der Waals surface area contributed by atoms with Crippen LogP contribution in [0.4, 0.5) is 0 Å². The van der Waals surface area contributed by atoms with Gasteiger partial charge in [-0.3, -0.25) is 9.48 Å². The molecule has 0 fully saturated rings. The van der Waals surface area contributed by atoms with Crippen molar-refractivity contribution < 1.29 is 9.53 Å². The number of ether oxygens (including phenoxy) is 1. The molecular formula is C23H26BrN3O2. The number of carbonyl (C=O) groups excluding carboxylic acids is 1. The van der Waals surface area contributed by atoms with Crippen molar-refractivity contribution in [1.82, 2.24) is 14.7 Å². The van der Waals surface area contributed by atoms with Crippen molar-refractivity contribution in [3.8, 4) is 5.75 Å². The van der Waals surface area contributed by atoms with Gasteiger partial charge in [-0.05, 0) is 56.7 Å². The van der Waals surface area contributed by atoms with Gasteiger partial charge in [-0.25, -0.2) is 0 Å². The van der Waals surface area contributed by atoms with Crippen molar-refractivity contribution >= 4 is 21.8 Å². The van der Waals surface area contributed by atoms with E-state index < -0.39 is 0 Å². The number of aryl methyl sites for hydroxylation is 2. The van der Waals surface area contributed by atoms with Crippen LogP contribution in [0, 0.1) is 13.8 Å². The predicted molar refractivity (Wildman–Crippen MR) is 118 cm³/mol. The molecule has 0 N–H and O–H groups in total. The van der Waals surface area contributed by atoms with Gasteiger partial charge in [-0.1, -0.05) is 34.1 Å². The number of hydrogen-bond acceptors (Lipinski definition) is 3. The zero-order valence-corrected chi connectivity index (χ0v) is 18.9. The smallest absolute Gasteiger partial charge is 0.253 e. The maximum absolute atomic E-state index is 13.0. The van der Waals surface area contributed by atoms with Crippen molar-refractivity contribution in [2.24, 2.45) is 0 Å². The van der Waals surface area contributed by atoms with E-state index in [2.05, 4.69) is 34.9 Å². The fourth-order valence-electron chi connectivity index (χ4n) is 3.32. The summed E-state index contributed by atoms with van der Waals surface area (Å²) < 4.78 is 8.79. The second-order valence-electron chi connectivity index (χ2n) is 7.07. The van der Waals surface area contributed by atoms with Gasteiger partial charge < -0.3 is 9.64 Å². The van der Waals surface area contributed by atoms with Crippen LogP contribution in [0.3, 0.4) is 0 Å². The summed E-state index contributed by atoms with van der Waals surface area (Å²) in [6.45, 7) is 7.88. The first-order valence-electron chi connectivity index (χ1n) is 9.64. The molecule has 0 atom stereocenters. The molecule has 0 aliphatic rings. The first-order valence-corrected chi connectivity index (χ1v) is 10.4. The van der Waals surface area contributed by atoms with Gasteiger partial charge in [0.15, 0.2) is 0 Å². The second-order valence-corrected chi connectivity index (χ2v) is 7.99.